The van der Waals surface area contributed by atoms with Gasteiger partial charge in [-0.1, -0.05) is 11.6 Å². The molecule has 1 rings (SSSR count). The van der Waals surface area contributed by atoms with Gasteiger partial charge in [0.05, 0.1) is 16.3 Å². The van der Waals surface area contributed by atoms with Gasteiger partial charge in [0.25, 0.3) is 5.91 Å². The number of carbonyl (C=O) groups is 2. The summed E-state index contributed by atoms with van der Waals surface area (Å²) in [5.74, 6) is -0.817. The Bertz CT molecular complexity index is 473. The first-order valence-electron chi connectivity index (χ1n) is 5.99. The van der Waals surface area contributed by atoms with Crippen molar-refractivity contribution in [3.05, 3.63) is 28.8 Å². The monoisotopic (exact) mass is 284 g/mol. The lowest BCUT2D eigenvalue weighted by Gasteiger charge is -2.18. The Morgan fingerprint density at radius 3 is 2.47 bits per heavy atom. The summed E-state index contributed by atoms with van der Waals surface area (Å²) < 4.78 is 4.94. The van der Waals surface area contributed by atoms with Crippen LogP contribution in [0.25, 0.3) is 0 Å². The van der Waals surface area contributed by atoms with Gasteiger partial charge in [-0.3, -0.25) is 4.79 Å². The van der Waals surface area contributed by atoms with E-state index in [2.05, 4.69) is 0 Å². The fourth-order valence-electron chi connectivity index (χ4n) is 1.53. The highest BCUT2D eigenvalue weighted by atomic mass is 35.5. The first-order valence-corrected chi connectivity index (χ1v) is 6.37. The van der Waals surface area contributed by atoms with Crippen LogP contribution < -0.4 is 5.73 Å². The SMILES string of the molecule is CCN(CC)C(=O)COC(=O)c1ccc(N)c(Cl)c1. The lowest BCUT2D eigenvalue weighted by atomic mass is 10.2. The molecule has 0 bridgehead atoms. The quantitative estimate of drug-likeness (QED) is 0.662. The van der Waals surface area contributed by atoms with Crippen LogP contribution in [0.15, 0.2) is 18.2 Å². The van der Waals surface area contributed by atoms with E-state index in [1.807, 2.05) is 13.8 Å². The van der Waals surface area contributed by atoms with E-state index in [0.717, 1.165) is 0 Å². The summed E-state index contributed by atoms with van der Waals surface area (Å²) in [6, 6.07) is 4.44. The first-order chi connectivity index (χ1) is 8.99. The van der Waals surface area contributed by atoms with Crippen LogP contribution in [-0.2, 0) is 9.53 Å². The Kier molecular flexibility index (Phi) is 5.63. The molecule has 1 aromatic rings. The van der Waals surface area contributed by atoms with Crippen LogP contribution in [0.3, 0.4) is 0 Å². The molecule has 0 aliphatic rings. The standard InChI is InChI=1S/C13H17ClN2O3/c1-3-16(4-2)12(17)8-19-13(18)9-5-6-11(15)10(14)7-9/h5-7H,3-4,8,15H2,1-2H3. The van der Waals surface area contributed by atoms with Crippen LogP contribution in [-0.4, -0.2) is 36.5 Å². The molecular formula is C13H17ClN2O3. The fraction of sp³-hybridized carbons (Fsp3) is 0.385. The third-order valence-corrected chi connectivity index (χ3v) is 3.01. The number of anilines is 1. The van der Waals surface area contributed by atoms with Gasteiger partial charge in [0.1, 0.15) is 0 Å². The molecule has 0 aliphatic carbocycles. The van der Waals surface area contributed by atoms with E-state index in [9.17, 15) is 9.59 Å². The predicted molar refractivity (Wildman–Crippen MR) is 74.1 cm³/mol. The van der Waals surface area contributed by atoms with Crippen molar-refractivity contribution >= 4 is 29.2 Å². The van der Waals surface area contributed by atoms with E-state index < -0.39 is 5.97 Å². The molecule has 104 valence electrons. The van der Waals surface area contributed by atoms with Gasteiger partial charge in [-0.15, -0.1) is 0 Å². The van der Waals surface area contributed by atoms with E-state index in [-0.39, 0.29) is 23.1 Å². The molecule has 0 aromatic heterocycles. The van der Waals surface area contributed by atoms with Gasteiger partial charge >= 0.3 is 5.97 Å². The van der Waals surface area contributed by atoms with E-state index >= 15 is 0 Å². The summed E-state index contributed by atoms with van der Waals surface area (Å²) in [7, 11) is 0. The smallest absolute Gasteiger partial charge is 0.338 e. The van der Waals surface area contributed by atoms with Crippen LogP contribution in [0.1, 0.15) is 24.2 Å². The molecular weight excluding hydrogens is 268 g/mol. The number of nitrogens with zero attached hydrogens (tertiary/aromatic N) is 1. The van der Waals surface area contributed by atoms with Crippen molar-refractivity contribution in [2.24, 2.45) is 0 Å². The second-order valence-corrected chi connectivity index (χ2v) is 4.29. The zero-order valence-corrected chi connectivity index (χ0v) is 11.7. The number of carbonyl (C=O) groups excluding carboxylic acids is 2. The number of likely N-dealkylation sites (N-methyl/N-ethyl adjacent to an activating group) is 1. The minimum Gasteiger partial charge on any atom is -0.452 e. The maximum atomic E-state index is 11.7. The Morgan fingerprint density at radius 2 is 1.95 bits per heavy atom. The van der Waals surface area contributed by atoms with Gasteiger partial charge in [0.2, 0.25) is 0 Å². The highest BCUT2D eigenvalue weighted by Crippen LogP contribution is 2.20. The zero-order valence-electron chi connectivity index (χ0n) is 11.0. The van der Waals surface area contributed by atoms with Crippen LogP contribution in [0.2, 0.25) is 5.02 Å². The first kappa shape index (κ1) is 15.3. The van der Waals surface area contributed by atoms with Crippen LogP contribution in [0, 0.1) is 0 Å². The molecule has 5 nitrogen and oxygen atoms in total. The van der Waals surface area contributed by atoms with Crippen molar-refractivity contribution in [3.63, 3.8) is 0 Å². The van der Waals surface area contributed by atoms with Gasteiger partial charge < -0.3 is 15.4 Å². The Hall–Kier alpha value is -1.75. The molecule has 2 N–H and O–H groups in total. The summed E-state index contributed by atoms with van der Waals surface area (Å²) in [5, 5.41) is 0.282. The lowest BCUT2D eigenvalue weighted by Crippen LogP contribution is -2.34. The molecule has 0 saturated heterocycles. The summed E-state index contributed by atoms with van der Waals surface area (Å²) in [5.41, 5.74) is 6.20. The highest BCUT2D eigenvalue weighted by molar-refractivity contribution is 6.33. The number of amides is 1. The van der Waals surface area contributed by atoms with Crippen molar-refractivity contribution in [1.82, 2.24) is 4.90 Å². The van der Waals surface area contributed by atoms with Gasteiger partial charge in [-0.25, -0.2) is 4.79 Å². The topological polar surface area (TPSA) is 72.6 Å². The van der Waals surface area contributed by atoms with E-state index in [4.69, 9.17) is 22.1 Å². The van der Waals surface area contributed by atoms with Gasteiger partial charge in [0, 0.05) is 13.1 Å². The van der Waals surface area contributed by atoms with Crippen molar-refractivity contribution in [3.8, 4) is 0 Å². The second kappa shape index (κ2) is 6.99. The number of rotatable bonds is 5. The number of hydrogen-bond donors (Lipinski definition) is 1. The molecule has 0 atom stereocenters. The largest absolute Gasteiger partial charge is 0.452 e. The van der Waals surface area contributed by atoms with Crippen molar-refractivity contribution in [2.75, 3.05) is 25.4 Å². The third kappa shape index (κ3) is 4.13. The molecule has 0 aliphatic heterocycles. The summed E-state index contributed by atoms with van der Waals surface area (Å²) in [6.45, 7) is 4.62. The predicted octanol–water partition coefficient (Wildman–Crippen LogP) is 1.95. The summed E-state index contributed by atoms with van der Waals surface area (Å²) >= 11 is 5.81. The number of ether oxygens (including phenoxy) is 1. The van der Waals surface area contributed by atoms with Crippen molar-refractivity contribution in [2.45, 2.75) is 13.8 Å². The fourth-order valence-corrected chi connectivity index (χ4v) is 1.71. The summed E-state index contributed by atoms with van der Waals surface area (Å²) in [6.07, 6.45) is 0. The number of hydrogen-bond acceptors (Lipinski definition) is 4. The maximum absolute atomic E-state index is 11.7. The van der Waals surface area contributed by atoms with Crippen LogP contribution >= 0.6 is 11.6 Å². The number of halogens is 1. The van der Waals surface area contributed by atoms with Crippen molar-refractivity contribution in [1.29, 1.82) is 0 Å². The maximum Gasteiger partial charge on any atom is 0.338 e. The Balaban J connectivity index is 2.60. The third-order valence-electron chi connectivity index (χ3n) is 2.68. The highest BCUT2D eigenvalue weighted by Gasteiger charge is 2.14. The minimum atomic E-state index is -0.595. The molecule has 0 fully saturated rings. The average molecular weight is 285 g/mol. The molecule has 0 radical (unpaired) electrons. The molecule has 19 heavy (non-hydrogen) atoms. The molecule has 0 heterocycles. The molecule has 0 unspecified atom stereocenters. The average Bonchev–Trinajstić information content (AvgIpc) is 2.40. The van der Waals surface area contributed by atoms with E-state index in [0.29, 0.717) is 18.8 Å². The van der Waals surface area contributed by atoms with Crippen molar-refractivity contribution < 1.29 is 14.3 Å². The molecule has 0 saturated carbocycles. The number of esters is 1. The normalized spacial score (nSPS) is 10.1. The lowest BCUT2D eigenvalue weighted by molar-refractivity contribution is -0.134. The van der Waals surface area contributed by atoms with Crippen LogP contribution in [0.5, 0.6) is 0 Å². The minimum absolute atomic E-state index is 0.222. The summed E-state index contributed by atoms with van der Waals surface area (Å²) in [4.78, 5) is 25.0. The second-order valence-electron chi connectivity index (χ2n) is 3.88. The Labute approximate surface area is 117 Å². The molecule has 6 heteroatoms. The van der Waals surface area contributed by atoms with Gasteiger partial charge in [-0.05, 0) is 32.0 Å². The van der Waals surface area contributed by atoms with Gasteiger partial charge in [-0.2, -0.15) is 0 Å². The zero-order chi connectivity index (χ0) is 14.4. The Morgan fingerprint density at radius 1 is 1.32 bits per heavy atom. The van der Waals surface area contributed by atoms with E-state index in [1.165, 1.54) is 18.2 Å². The van der Waals surface area contributed by atoms with E-state index in [1.54, 1.807) is 4.90 Å². The number of nitrogens with two attached hydrogens (primary N) is 1. The molecule has 1 aromatic carbocycles. The number of nitrogen functional groups attached to an aromatic ring is 1. The van der Waals surface area contributed by atoms with Gasteiger partial charge in [0.15, 0.2) is 6.61 Å². The van der Waals surface area contributed by atoms with Crippen LogP contribution in [0.4, 0.5) is 5.69 Å². The number of benzene rings is 1. The molecule has 1 amide bonds. The molecule has 0 spiro atoms.